The summed E-state index contributed by atoms with van der Waals surface area (Å²) in [6, 6.07) is 44.7. The molecule has 10 rings (SSSR count). The van der Waals surface area contributed by atoms with Crippen LogP contribution in [0.5, 0.6) is 0 Å². The Morgan fingerprint density at radius 2 is 0.907 bits per heavy atom. The predicted octanol–water partition coefficient (Wildman–Crippen LogP) is 11.9. The van der Waals surface area contributed by atoms with Crippen molar-refractivity contribution in [1.82, 2.24) is 0 Å². The van der Waals surface area contributed by atoms with Crippen molar-refractivity contribution in [3.05, 3.63) is 134 Å². The van der Waals surface area contributed by atoms with E-state index in [4.69, 9.17) is 13.3 Å². The van der Waals surface area contributed by atoms with Crippen LogP contribution in [0.15, 0.2) is 147 Å². The van der Waals surface area contributed by atoms with Gasteiger partial charge < -0.3 is 13.3 Å². The summed E-state index contributed by atoms with van der Waals surface area (Å²) in [4.78, 5) is 0. The monoisotopic (exact) mass is 550 g/mol. The molecule has 0 saturated heterocycles. The van der Waals surface area contributed by atoms with Crippen LogP contribution in [-0.2, 0) is 0 Å². The molecule has 0 radical (unpaired) electrons. The van der Waals surface area contributed by atoms with E-state index in [9.17, 15) is 0 Å². The molecule has 0 aliphatic rings. The summed E-state index contributed by atoms with van der Waals surface area (Å²) in [5, 5.41) is 10.2. The Kier molecular flexibility index (Phi) is 4.45. The van der Waals surface area contributed by atoms with Crippen LogP contribution >= 0.6 is 0 Å². The summed E-state index contributed by atoms with van der Waals surface area (Å²) in [5.74, 6) is 0. The molecule has 0 spiro atoms. The van der Waals surface area contributed by atoms with E-state index in [0.29, 0.717) is 0 Å². The smallest absolute Gasteiger partial charge is 0.147 e. The first kappa shape index (κ1) is 22.8. The van der Waals surface area contributed by atoms with Crippen LogP contribution in [0, 0.1) is 0 Å². The summed E-state index contributed by atoms with van der Waals surface area (Å²) < 4.78 is 19.0. The van der Waals surface area contributed by atoms with Gasteiger partial charge in [-0.1, -0.05) is 91.0 Å². The van der Waals surface area contributed by atoms with Gasteiger partial charge in [-0.2, -0.15) is 0 Å². The van der Waals surface area contributed by atoms with Gasteiger partial charge in [-0.05, 0) is 69.1 Å². The third-order valence-corrected chi connectivity index (χ3v) is 8.93. The van der Waals surface area contributed by atoms with Gasteiger partial charge in [0.1, 0.15) is 27.9 Å². The highest BCUT2D eigenvalue weighted by molar-refractivity contribution is 6.28. The van der Waals surface area contributed by atoms with E-state index in [1.54, 1.807) is 6.26 Å². The Bertz CT molecular complexity index is 2680. The van der Waals surface area contributed by atoms with Crippen molar-refractivity contribution in [2.24, 2.45) is 0 Å². The van der Waals surface area contributed by atoms with Crippen LogP contribution < -0.4 is 0 Å². The van der Waals surface area contributed by atoms with Gasteiger partial charge >= 0.3 is 0 Å². The van der Waals surface area contributed by atoms with Crippen LogP contribution in [0.25, 0.3) is 98.6 Å². The zero-order valence-corrected chi connectivity index (χ0v) is 22.9. The molecule has 0 bridgehead atoms. The summed E-state index contributed by atoms with van der Waals surface area (Å²) in [6.45, 7) is 0. The van der Waals surface area contributed by atoms with Crippen molar-refractivity contribution in [2.45, 2.75) is 0 Å². The fourth-order valence-corrected chi connectivity index (χ4v) is 7.11. The topological polar surface area (TPSA) is 39.4 Å². The molecule has 7 aromatic carbocycles. The molecular weight excluding hydrogens is 528 g/mol. The van der Waals surface area contributed by atoms with Gasteiger partial charge in [-0.3, -0.25) is 0 Å². The van der Waals surface area contributed by atoms with E-state index in [1.807, 2.05) is 30.3 Å². The molecule has 0 N–H and O–H groups in total. The van der Waals surface area contributed by atoms with Crippen LogP contribution in [0.4, 0.5) is 0 Å². The quantitative estimate of drug-likeness (QED) is 0.201. The number of benzene rings is 7. The zero-order chi connectivity index (χ0) is 28.1. The number of hydrogen-bond donors (Lipinski definition) is 0. The first-order valence-electron chi connectivity index (χ1n) is 14.5. The average molecular weight is 551 g/mol. The first-order valence-corrected chi connectivity index (χ1v) is 14.5. The highest BCUT2D eigenvalue weighted by Gasteiger charge is 2.24. The second-order valence-corrected chi connectivity index (χ2v) is 11.2. The Hall–Kier alpha value is -5.80. The molecule has 3 heterocycles. The van der Waals surface area contributed by atoms with E-state index in [1.165, 1.54) is 16.3 Å². The van der Waals surface area contributed by atoms with Crippen LogP contribution in [0.2, 0.25) is 0 Å². The maximum Gasteiger partial charge on any atom is 0.147 e. The maximum absolute atomic E-state index is 6.64. The van der Waals surface area contributed by atoms with Crippen molar-refractivity contribution in [2.75, 3.05) is 0 Å². The standard InChI is InChI=1S/C40H22O3/c1-3-13-29-27(11-1)36(23-17-18-35-31(21-23)25-9-5-7-15-33(25)42-35)28-12-2-4-14-30(28)37(29)38-39-24(19-20-41-39)22-32-26-10-6-8-16-34(26)43-40(32)38/h1-22H. The van der Waals surface area contributed by atoms with Crippen molar-refractivity contribution >= 4 is 76.4 Å². The molecule has 3 aromatic heterocycles. The highest BCUT2D eigenvalue weighted by Crippen LogP contribution is 2.49. The number of rotatable bonds is 2. The normalized spacial score (nSPS) is 12.2. The summed E-state index contributed by atoms with van der Waals surface area (Å²) in [7, 11) is 0. The Morgan fingerprint density at radius 3 is 1.60 bits per heavy atom. The molecule has 200 valence electrons. The fraction of sp³-hybridized carbons (Fsp3) is 0. The number of hydrogen-bond acceptors (Lipinski definition) is 3. The SMILES string of the molecule is c1ccc2c(c1)oc1ccc(-c3c4ccccc4c(-c4c5occc5cc5c4oc4ccccc45)c4ccccc34)cc12. The van der Waals surface area contributed by atoms with E-state index in [-0.39, 0.29) is 0 Å². The Labute approximate surface area is 245 Å². The van der Waals surface area contributed by atoms with Gasteiger partial charge in [0.15, 0.2) is 0 Å². The second-order valence-electron chi connectivity index (χ2n) is 11.2. The molecule has 0 saturated carbocycles. The third-order valence-electron chi connectivity index (χ3n) is 8.93. The van der Waals surface area contributed by atoms with Crippen molar-refractivity contribution in [3.63, 3.8) is 0 Å². The molecule has 0 amide bonds. The van der Waals surface area contributed by atoms with E-state index >= 15 is 0 Å². The zero-order valence-electron chi connectivity index (χ0n) is 22.9. The molecule has 0 fully saturated rings. The summed E-state index contributed by atoms with van der Waals surface area (Å²) >= 11 is 0. The average Bonchev–Trinajstić information content (AvgIpc) is 3.78. The van der Waals surface area contributed by atoms with E-state index in [2.05, 4.69) is 97.1 Å². The van der Waals surface area contributed by atoms with Crippen LogP contribution in [0.1, 0.15) is 0 Å². The minimum Gasteiger partial charge on any atom is -0.464 e. The second kappa shape index (κ2) is 8.37. The predicted molar refractivity (Wildman–Crippen MR) is 177 cm³/mol. The molecule has 0 aliphatic heterocycles. The fourth-order valence-electron chi connectivity index (χ4n) is 7.11. The third kappa shape index (κ3) is 3.08. The molecule has 3 heteroatoms. The van der Waals surface area contributed by atoms with E-state index in [0.717, 1.165) is 82.3 Å². The van der Waals surface area contributed by atoms with Gasteiger partial charge in [0.25, 0.3) is 0 Å². The summed E-state index contributed by atoms with van der Waals surface area (Å²) in [5.41, 5.74) is 8.82. The Morgan fingerprint density at radius 1 is 0.349 bits per heavy atom. The van der Waals surface area contributed by atoms with Crippen molar-refractivity contribution in [1.29, 1.82) is 0 Å². The van der Waals surface area contributed by atoms with Crippen LogP contribution in [0.3, 0.4) is 0 Å². The first-order chi connectivity index (χ1) is 21.3. The lowest BCUT2D eigenvalue weighted by atomic mass is 9.85. The lowest BCUT2D eigenvalue weighted by Crippen LogP contribution is -1.91. The van der Waals surface area contributed by atoms with E-state index < -0.39 is 0 Å². The lowest BCUT2D eigenvalue weighted by molar-refractivity contribution is 0.615. The number of fused-ring (bicyclic) bond motifs is 9. The largest absolute Gasteiger partial charge is 0.464 e. The number of furan rings is 3. The minimum absolute atomic E-state index is 0.834. The molecule has 0 atom stereocenters. The van der Waals surface area contributed by atoms with Crippen LogP contribution in [-0.4, -0.2) is 0 Å². The maximum atomic E-state index is 6.64. The molecule has 43 heavy (non-hydrogen) atoms. The van der Waals surface area contributed by atoms with Gasteiger partial charge in [0.05, 0.1) is 11.8 Å². The lowest BCUT2D eigenvalue weighted by Gasteiger charge is -2.18. The molecule has 0 unspecified atom stereocenters. The highest BCUT2D eigenvalue weighted by atomic mass is 16.3. The van der Waals surface area contributed by atoms with Gasteiger partial charge in [-0.25, -0.2) is 0 Å². The van der Waals surface area contributed by atoms with Gasteiger partial charge in [0.2, 0.25) is 0 Å². The van der Waals surface area contributed by atoms with Crippen molar-refractivity contribution < 1.29 is 13.3 Å². The van der Waals surface area contributed by atoms with Crippen molar-refractivity contribution in [3.8, 4) is 22.3 Å². The van der Waals surface area contributed by atoms with Gasteiger partial charge in [0, 0.05) is 32.5 Å². The molecule has 10 aromatic rings. The molecule has 0 aliphatic carbocycles. The molecular formula is C40H22O3. The number of para-hydroxylation sites is 2. The Balaban J connectivity index is 1.38. The van der Waals surface area contributed by atoms with Gasteiger partial charge in [-0.15, -0.1) is 0 Å². The summed E-state index contributed by atoms with van der Waals surface area (Å²) in [6.07, 6.45) is 1.78. The minimum atomic E-state index is 0.834. The molecule has 3 nitrogen and oxygen atoms in total.